The molecule has 1 aliphatic heterocycles. The second kappa shape index (κ2) is 7.64. The van der Waals surface area contributed by atoms with Crippen molar-refractivity contribution in [2.24, 2.45) is 5.92 Å². The lowest BCUT2D eigenvalue weighted by Gasteiger charge is -2.29. The lowest BCUT2D eigenvalue weighted by Crippen LogP contribution is -2.48. The number of nitrogens with zero attached hydrogens (tertiary/aromatic N) is 2. The summed E-state index contributed by atoms with van der Waals surface area (Å²) < 4.78 is 6.01. The predicted octanol–water partition coefficient (Wildman–Crippen LogP) is 2.29. The normalized spacial score (nSPS) is 26.5. The first-order valence-corrected chi connectivity index (χ1v) is 9.88. The molecule has 1 aromatic rings. The minimum atomic E-state index is -0.410. The van der Waals surface area contributed by atoms with E-state index >= 15 is 0 Å². The monoisotopic (exact) mass is 357 g/mol. The molecule has 1 N–H and O–H groups in total. The molecule has 1 saturated heterocycles. The SMILES string of the molecule is O=C(NC1CC1)[C@@H]1C[C@H](Oc2cccnc2)CN1C(=O)C1CCCCC1. The van der Waals surface area contributed by atoms with Crippen LogP contribution in [-0.2, 0) is 9.59 Å². The van der Waals surface area contributed by atoms with Crippen LogP contribution in [-0.4, -0.2) is 46.4 Å². The fraction of sp³-hybridized carbons (Fsp3) is 0.650. The van der Waals surface area contributed by atoms with Gasteiger partial charge < -0.3 is 15.0 Å². The molecule has 6 nitrogen and oxygen atoms in total. The zero-order valence-electron chi connectivity index (χ0n) is 15.1. The average Bonchev–Trinajstić information content (AvgIpc) is 3.39. The van der Waals surface area contributed by atoms with E-state index in [9.17, 15) is 9.59 Å². The van der Waals surface area contributed by atoms with Crippen LogP contribution in [0.2, 0.25) is 0 Å². The van der Waals surface area contributed by atoms with E-state index in [4.69, 9.17) is 4.74 Å². The van der Waals surface area contributed by atoms with Crippen LogP contribution in [0.1, 0.15) is 51.4 Å². The van der Waals surface area contributed by atoms with Gasteiger partial charge in [-0.3, -0.25) is 14.6 Å². The number of hydrogen-bond donors (Lipinski definition) is 1. The molecule has 3 fully saturated rings. The van der Waals surface area contributed by atoms with E-state index in [1.807, 2.05) is 12.1 Å². The van der Waals surface area contributed by atoms with Crippen molar-refractivity contribution in [2.75, 3.05) is 6.54 Å². The summed E-state index contributed by atoms with van der Waals surface area (Å²) >= 11 is 0. The number of nitrogens with one attached hydrogen (secondary N) is 1. The van der Waals surface area contributed by atoms with Gasteiger partial charge in [-0.2, -0.15) is 0 Å². The van der Waals surface area contributed by atoms with Crippen molar-refractivity contribution in [2.45, 2.75) is 69.6 Å². The molecule has 140 valence electrons. The first-order valence-electron chi connectivity index (χ1n) is 9.88. The highest BCUT2D eigenvalue weighted by molar-refractivity contribution is 5.89. The summed E-state index contributed by atoms with van der Waals surface area (Å²) in [5.74, 6) is 0.870. The zero-order chi connectivity index (χ0) is 17.9. The molecule has 3 aliphatic rings. The van der Waals surface area contributed by atoms with Gasteiger partial charge in [0.25, 0.3) is 0 Å². The van der Waals surface area contributed by atoms with Crippen LogP contribution in [0.15, 0.2) is 24.5 Å². The predicted molar refractivity (Wildman–Crippen MR) is 96.5 cm³/mol. The molecule has 4 rings (SSSR count). The highest BCUT2D eigenvalue weighted by Gasteiger charge is 2.43. The number of carbonyl (C=O) groups excluding carboxylic acids is 2. The third kappa shape index (κ3) is 4.00. The maximum atomic E-state index is 13.1. The van der Waals surface area contributed by atoms with Gasteiger partial charge in [0.05, 0.1) is 12.7 Å². The fourth-order valence-electron chi connectivity index (χ4n) is 4.09. The number of hydrogen-bond acceptors (Lipinski definition) is 4. The molecule has 2 atom stereocenters. The molecule has 1 aromatic heterocycles. The summed E-state index contributed by atoms with van der Waals surface area (Å²) in [6, 6.07) is 3.57. The second-order valence-corrected chi connectivity index (χ2v) is 7.79. The summed E-state index contributed by atoms with van der Waals surface area (Å²) in [5.41, 5.74) is 0. The highest BCUT2D eigenvalue weighted by atomic mass is 16.5. The smallest absolute Gasteiger partial charge is 0.243 e. The molecular weight excluding hydrogens is 330 g/mol. The number of pyridine rings is 1. The molecule has 0 bridgehead atoms. The van der Waals surface area contributed by atoms with E-state index in [1.165, 1.54) is 6.42 Å². The summed E-state index contributed by atoms with van der Waals surface area (Å²) in [7, 11) is 0. The maximum absolute atomic E-state index is 13.1. The van der Waals surface area contributed by atoms with Crippen molar-refractivity contribution in [3.05, 3.63) is 24.5 Å². The van der Waals surface area contributed by atoms with Crippen LogP contribution in [0, 0.1) is 5.92 Å². The van der Waals surface area contributed by atoms with Crippen LogP contribution < -0.4 is 10.1 Å². The van der Waals surface area contributed by atoms with Crippen molar-refractivity contribution in [3.63, 3.8) is 0 Å². The summed E-state index contributed by atoms with van der Waals surface area (Å²) in [6.07, 6.45) is 11.2. The topological polar surface area (TPSA) is 71.5 Å². The van der Waals surface area contributed by atoms with Crippen molar-refractivity contribution in [1.29, 1.82) is 0 Å². The standard InChI is InChI=1S/C20H27N3O3/c24-19(22-15-8-9-15)18-11-17(26-16-7-4-10-21-12-16)13-23(18)20(25)14-5-2-1-3-6-14/h4,7,10,12,14-15,17-18H,1-3,5-6,8-9,11,13H2,(H,22,24)/t17-,18-/m0/s1. The van der Waals surface area contributed by atoms with E-state index in [0.29, 0.717) is 24.8 Å². The second-order valence-electron chi connectivity index (χ2n) is 7.79. The van der Waals surface area contributed by atoms with Crippen LogP contribution in [0.4, 0.5) is 0 Å². The first-order chi connectivity index (χ1) is 12.7. The van der Waals surface area contributed by atoms with Crippen LogP contribution in [0.25, 0.3) is 0 Å². The highest BCUT2D eigenvalue weighted by Crippen LogP contribution is 2.31. The maximum Gasteiger partial charge on any atom is 0.243 e. The quantitative estimate of drug-likeness (QED) is 0.878. The lowest BCUT2D eigenvalue weighted by molar-refractivity contribution is -0.142. The van der Waals surface area contributed by atoms with E-state index < -0.39 is 6.04 Å². The van der Waals surface area contributed by atoms with Crippen molar-refractivity contribution >= 4 is 11.8 Å². The molecule has 2 saturated carbocycles. The summed E-state index contributed by atoms with van der Waals surface area (Å²) in [6.45, 7) is 0.479. The summed E-state index contributed by atoms with van der Waals surface area (Å²) in [5, 5.41) is 3.07. The Kier molecular flexibility index (Phi) is 5.09. The molecule has 0 aromatic carbocycles. The molecule has 6 heteroatoms. The Hall–Kier alpha value is -2.11. The number of ether oxygens (including phenoxy) is 1. The Bertz CT molecular complexity index is 641. The first kappa shape index (κ1) is 17.3. The van der Waals surface area contributed by atoms with Gasteiger partial charge in [-0.1, -0.05) is 19.3 Å². The van der Waals surface area contributed by atoms with Crippen molar-refractivity contribution < 1.29 is 14.3 Å². The summed E-state index contributed by atoms with van der Waals surface area (Å²) in [4.78, 5) is 31.7. The van der Waals surface area contributed by atoms with Gasteiger partial charge in [-0.15, -0.1) is 0 Å². The van der Waals surface area contributed by atoms with E-state index in [2.05, 4.69) is 10.3 Å². The van der Waals surface area contributed by atoms with Gasteiger partial charge in [0.1, 0.15) is 17.9 Å². The molecule has 2 heterocycles. The Labute approximate surface area is 154 Å². The number of likely N-dealkylation sites (tertiary alicyclic amines) is 1. The Morgan fingerprint density at radius 2 is 1.96 bits per heavy atom. The van der Waals surface area contributed by atoms with Gasteiger partial charge in [0, 0.05) is 24.6 Å². The largest absolute Gasteiger partial charge is 0.487 e. The van der Waals surface area contributed by atoms with E-state index in [0.717, 1.165) is 38.5 Å². The third-order valence-corrected chi connectivity index (χ3v) is 5.66. The molecular formula is C20H27N3O3. The molecule has 0 spiro atoms. The van der Waals surface area contributed by atoms with Crippen LogP contribution in [0.5, 0.6) is 5.75 Å². The fourth-order valence-corrected chi connectivity index (χ4v) is 4.09. The van der Waals surface area contributed by atoms with Crippen LogP contribution in [0.3, 0.4) is 0 Å². The third-order valence-electron chi connectivity index (χ3n) is 5.66. The van der Waals surface area contributed by atoms with Crippen molar-refractivity contribution in [3.8, 4) is 5.75 Å². The van der Waals surface area contributed by atoms with Gasteiger partial charge in [-0.25, -0.2) is 0 Å². The lowest BCUT2D eigenvalue weighted by atomic mass is 9.88. The number of rotatable bonds is 5. The Morgan fingerprint density at radius 1 is 1.15 bits per heavy atom. The van der Waals surface area contributed by atoms with Gasteiger partial charge in [0.2, 0.25) is 11.8 Å². The van der Waals surface area contributed by atoms with Gasteiger partial charge in [-0.05, 0) is 37.8 Å². The Morgan fingerprint density at radius 3 is 2.65 bits per heavy atom. The van der Waals surface area contributed by atoms with Crippen LogP contribution >= 0.6 is 0 Å². The molecule has 0 radical (unpaired) electrons. The molecule has 26 heavy (non-hydrogen) atoms. The minimum Gasteiger partial charge on any atom is -0.487 e. The van der Waals surface area contributed by atoms with Gasteiger partial charge in [0.15, 0.2) is 0 Å². The van der Waals surface area contributed by atoms with Crippen molar-refractivity contribution in [1.82, 2.24) is 15.2 Å². The molecule has 0 unspecified atom stereocenters. The average molecular weight is 357 g/mol. The number of amides is 2. The number of aromatic nitrogens is 1. The number of carbonyl (C=O) groups is 2. The Balaban J connectivity index is 1.46. The minimum absolute atomic E-state index is 0.0195. The van der Waals surface area contributed by atoms with E-state index in [1.54, 1.807) is 17.3 Å². The van der Waals surface area contributed by atoms with E-state index in [-0.39, 0.29) is 23.8 Å². The zero-order valence-corrected chi connectivity index (χ0v) is 15.1. The molecule has 2 aliphatic carbocycles. The molecule has 2 amide bonds. The van der Waals surface area contributed by atoms with Gasteiger partial charge >= 0.3 is 0 Å².